The lowest BCUT2D eigenvalue weighted by molar-refractivity contribution is 0.0754. The van der Waals surface area contributed by atoms with Gasteiger partial charge in [0.2, 0.25) is 0 Å². The molecule has 1 aliphatic heterocycles. The van der Waals surface area contributed by atoms with Gasteiger partial charge >= 0.3 is 0 Å². The molecular formula is C21H23N5O. The topological polar surface area (TPSA) is 63.1 Å². The standard InChI is InChI=1S/C21H23N5O/c1-25-18-5-3-2-4-14(18)12-19(25)21(27)26-10-8-16-17(9-11-26)22-13-23-20(16)24-15-6-7-15/h2-5,12-13,15H,6-11H2,1H3,(H,22,23,24). The Bertz CT molecular complexity index is 1020. The molecular weight excluding hydrogens is 338 g/mol. The number of hydrogen-bond acceptors (Lipinski definition) is 4. The second-order valence-corrected chi connectivity index (χ2v) is 7.51. The Morgan fingerprint density at radius 3 is 2.78 bits per heavy atom. The number of aryl methyl sites for hydroxylation is 1. The summed E-state index contributed by atoms with van der Waals surface area (Å²) in [6.45, 7) is 1.38. The van der Waals surface area contributed by atoms with Crippen LogP contribution in [0.5, 0.6) is 0 Å². The molecule has 1 aliphatic carbocycles. The Morgan fingerprint density at radius 1 is 1.15 bits per heavy atom. The van der Waals surface area contributed by atoms with E-state index in [1.165, 1.54) is 18.4 Å². The van der Waals surface area contributed by atoms with Gasteiger partial charge in [0.05, 0.1) is 5.69 Å². The molecule has 3 heterocycles. The molecule has 0 atom stereocenters. The molecule has 1 amide bonds. The quantitative estimate of drug-likeness (QED) is 0.779. The second kappa shape index (κ2) is 6.37. The van der Waals surface area contributed by atoms with E-state index >= 15 is 0 Å². The number of benzene rings is 1. The number of anilines is 1. The molecule has 1 saturated carbocycles. The van der Waals surface area contributed by atoms with Crippen molar-refractivity contribution in [3.05, 3.63) is 53.6 Å². The molecule has 0 radical (unpaired) electrons. The number of nitrogens with zero attached hydrogens (tertiary/aromatic N) is 4. The average Bonchev–Trinajstić information content (AvgIpc) is 3.47. The van der Waals surface area contributed by atoms with Crippen molar-refractivity contribution < 1.29 is 4.79 Å². The van der Waals surface area contributed by atoms with E-state index in [-0.39, 0.29) is 5.91 Å². The third-order valence-corrected chi connectivity index (χ3v) is 5.66. The van der Waals surface area contributed by atoms with Crippen LogP contribution in [0, 0.1) is 0 Å². The minimum Gasteiger partial charge on any atom is -0.367 e. The van der Waals surface area contributed by atoms with Crippen LogP contribution in [-0.4, -0.2) is 44.5 Å². The Hall–Kier alpha value is -2.89. The number of para-hydroxylation sites is 1. The molecule has 138 valence electrons. The van der Waals surface area contributed by atoms with Crippen molar-refractivity contribution >= 4 is 22.6 Å². The monoisotopic (exact) mass is 361 g/mol. The Balaban J connectivity index is 1.40. The van der Waals surface area contributed by atoms with E-state index in [0.717, 1.165) is 41.0 Å². The van der Waals surface area contributed by atoms with Gasteiger partial charge in [-0.15, -0.1) is 0 Å². The van der Waals surface area contributed by atoms with Crippen molar-refractivity contribution in [2.45, 2.75) is 31.7 Å². The summed E-state index contributed by atoms with van der Waals surface area (Å²) in [4.78, 5) is 24.1. The first-order valence-corrected chi connectivity index (χ1v) is 9.64. The van der Waals surface area contributed by atoms with Gasteiger partial charge in [-0.1, -0.05) is 18.2 Å². The fraction of sp³-hybridized carbons (Fsp3) is 0.381. The minimum absolute atomic E-state index is 0.0890. The summed E-state index contributed by atoms with van der Waals surface area (Å²) < 4.78 is 2.00. The second-order valence-electron chi connectivity index (χ2n) is 7.51. The summed E-state index contributed by atoms with van der Waals surface area (Å²) in [7, 11) is 1.96. The van der Waals surface area contributed by atoms with Gasteiger partial charge in [-0.05, 0) is 31.4 Å². The molecule has 2 aromatic heterocycles. The molecule has 6 nitrogen and oxygen atoms in total. The van der Waals surface area contributed by atoms with Crippen molar-refractivity contribution in [1.82, 2.24) is 19.4 Å². The Morgan fingerprint density at radius 2 is 1.96 bits per heavy atom. The lowest BCUT2D eigenvalue weighted by Gasteiger charge is -2.20. The molecule has 3 aromatic rings. The highest BCUT2D eigenvalue weighted by Gasteiger charge is 2.27. The average molecular weight is 361 g/mol. The van der Waals surface area contributed by atoms with Gasteiger partial charge in [0, 0.05) is 49.1 Å². The smallest absolute Gasteiger partial charge is 0.270 e. The zero-order valence-corrected chi connectivity index (χ0v) is 15.5. The molecule has 2 aliphatic rings. The largest absolute Gasteiger partial charge is 0.367 e. The molecule has 0 unspecified atom stereocenters. The fourth-order valence-electron chi connectivity index (χ4n) is 3.93. The van der Waals surface area contributed by atoms with Crippen LogP contribution in [-0.2, 0) is 19.9 Å². The highest BCUT2D eigenvalue weighted by atomic mass is 16.2. The molecule has 1 N–H and O–H groups in total. The lowest BCUT2D eigenvalue weighted by atomic mass is 10.1. The molecule has 27 heavy (non-hydrogen) atoms. The molecule has 0 bridgehead atoms. The van der Waals surface area contributed by atoms with Gasteiger partial charge in [0.15, 0.2) is 0 Å². The minimum atomic E-state index is 0.0890. The van der Waals surface area contributed by atoms with Gasteiger partial charge in [-0.25, -0.2) is 9.97 Å². The Kier molecular flexibility index (Phi) is 3.85. The first-order valence-electron chi connectivity index (χ1n) is 9.64. The first kappa shape index (κ1) is 16.3. The maximum atomic E-state index is 13.2. The van der Waals surface area contributed by atoms with Crippen LogP contribution in [0.25, 0.3) is 10.9 Å². The van der Waals surface area contributed by atoms with Gasteiger partial charge in [0.25, 0.3) is 5.91 Å². The zero-order chi connectivity index (χ0) is 18.4. The normalized spacial score (nSPS) is 16.9. The Labute approximate surface area is 158 Å². The van der Waals surface area contributed by atoms with E-state index in [4.69, 9.17) is 0 Å². The summed E-state index contributed by atoms with van der Waals surface area (Å²) in [6.07, 6.45) is 5.63. The van der Waals surface area contributed by atoms with Crippen LogP contribution >= 0.6 is 0 Å². The van der Waals surface area contributed by atoms with E-state index < -0.39 is 0 Å². The predicted molar refractivity (Wildman–Crippen MR) is 105 cm³/mol. The van der Waals surface area contributed by atoms with Gasteiger partial charge in [-0.3, -0.25) is 4.79 Å². The third-order valence-electron chi connectivity index (χ3n) is 5.66. The van der Waals surface area contributed by atoms with Crippen LogP contribution < -0.4 is 5.32 Å². The van der Waals surface area contributed by atoms with Crippen LogP contribution in [0.1, 0.15) is 34.6 Å². The van der Waals surface area contributed by atoms with Crippen molar-refractivity contribution in [1.29, 1.82) is 0 Å². The summed E-state index contributed by atoms with van der Waals surface area (Å²) >= 11 is 0. The summed E-state index contributed by atoms with van der Waals surface area (Å²) in [6, 6.07) is 10.7. The predicted octanol–water partition coefficient (Wildman–Crippen LogP) is 2.78. The number of amides is 1. The van der Waals surface area contributed by atoms with Crippen LogP contribution in [0.4, 0.5) is 5.82 Å². The number of carbonyl (C=O) groups excluding carboxylic acids is 1. The molecule has 1 aromatic carbocycles. The highest BCUT2D eigenvalue weighted by molar-refractivity contribution is 5.98. The third kappa shape index (κ3) is 2.95. The number of fused-ring (bicyclic) bond motifs is 2. The van der Waals surface area contributed by atoms with E-state index in [9.17, 15) is 4.79 Å². The molecule has 6 heteroatoms. The van der Waals surface area contributed by atoms with Crippen LogP contribution in [0.3, 0.4) is 0 Å². The highest BCUT2D eigenvalue weighted by Crippen LogP contribution is 2.28. The lowest BCUT2D eigenvalue weighted by Crippen LogP contribution is -2.34. The van der Waals surface area contributed by atoms with Gasteiger partial charge in [0.1, 0.15) is 17.8 Å². The maximum absolute atomic E-state index is 13.2. The van der Waals surface area contributed by atoms with E-state index in [1.54, 1.807) is 6.33 Å². The van der Waals surface area contributed by atoms with Gasteiger partial charge < -0.3 is 14.8 Å². The van der Waals surface area contributed by atoms with Gasteiger partial charge in [-0.2, -0.15) is 0 Å². The van der Waals surface area contributed by atoms with Crippen LogP contribution in [0.15, 0.2) is 36.7 Å². The van der Waals surface area contributed by atoms with Crippen molar-refractivity contribution in [2.24, 2.45) is 7.05 Å². The zero-order valence-electron chi connectivity index (χ0n) is 15.5. The number of aromatic nitrogens is 3. The maximum Gasteiger partial charge on any atom is 0.270 e. The summed E-state index contributed by atoms with van der Waals surface area (Å²) in [5, 5.41) is 4.62. The number of carbonyl (C=O) groups is 1. The SMILES string of the molecule is Cn1c(C(=O)N2CCc3ncnc(NC4CC4)c3CC2)cc2ccccc21. The van der Waals surface area contributed by atoms with Crippen molar-refractivity contribution in [2.75, 3.05) is 18.4 Å². The molecule has 0 saturated heterocycles. The van der Waals surface area contributed by atoms with Crippen molar-refractivity contribution in [3.63, 3.8) is 0 Å². The molecule has 0 spiro atoms. The van der Waals surface area contributed by atoms with Crippen LogP contribution in [0.2, 0.25) is 0 Å². The molecule has 5 rings (SSSR count). The first-order chi connectivity index (χ1) is 13.2. The number of nitrogens with one attached hydrogen (secondary N) is 1. The van der Waals surface area contributed by atoms with E-state index in [1.807, 2.05) is 34.7 Å². The number of hydrogen-bond donors (Lipinski definition) is 1. The summed E-state index contributed by atoms with van der Waals surface area (Å²) in [5.74, 6) is 1.05. The van der Waals surface area contributed by atoms with Crippen molar-refractivity contribution in [3.8, 4) is 0 Å². The van der Waals surface area contributed by atoms with E-state index in [0.29, 0.717) is 19.1 Å². The summed E-state index contributed by atoms with van der Waals surface area (Å²) in [5.41, 5.74) is 4.07. The fourth-order valence-corrected chi connectivity index (χ4v) is 3.93. The van der Waals surface area contributed by atoms with E-state index in [2.05, 4.69) is 27.4 Å². The number of rotatable bonds is 3. The molecule has 1 fully saturated rings.